The van der Waals surface area contributed by atoms with E-state index in [1.54, 1.807) is 6.07 Å². The Morgan fingerprint density at radius 2 is 2.36 bits per heavy atom. The van der Waals surface area contributed by atoms with Crippen LogP contribution in [0.4, 0.5) is 0 Å². The first kappa shape index (κ1) is 10.3. The highest BCUT2D eigenvalue weighted by Gasteiger charge is 2.03. The Morgan fingerprint density at radius 3 is 3.00 bits per heavy atom. The number of carbonyl (C=O) groups is 1. The highest BCUT2D eigenvalue weighted by molar-refractivity contribution is 6.32. The van der Waals surface area contributed by atoms with Gasteiger partial charge in [-0.1, -0.05) is 23.7 Å². The zero-order valence-electron chi connectivity index (χ0n) is 8.08. The fourth-order valence-corrected chi connectivity index (χ4v) is 1.12. The average Bonchev–Trinajstić information content (AvgIpc) is 2.18. The van der Waals surface area contributed by atoms with E-state index < -0.39 is 0 Å². The van der Waals surface area contributed by atoms with Crippen LogP contribution in [-0.2, 0) is 0 Å². The van der Waals surface area contributed by atoms with Crippen molar-refractivity contribution >= 4 is 19.2 Å². The smallest absolute Gasteiger partial charge is 0.251 e. The van der Waals surface area contributed by atoms with Gasteiger partial charge in [0.1, 0.15) is 7.85 Å². The van der Waals surface area contributed by atoms with Gasteiger partial charge < -0.3 is 5.32 Å². The minimum absolute atomic E-state index is 0.121. The number of nitriles is 1. The van der Waals surface area contributed by atoms with E-state index in [2.05, 4.69) is 5.32 Å². The molecular formula is C10H11BN2O. The summed E-state index contributed by atoms with van der Waals surface area (Å²) in [5.41, 5.74) is 1.70. The molecule has 0 aliphatic carbocycles. The zero-order valence-corrected chi connectivity index (χ0v) is 8.08. The first-order valence-corrected chi connectivity index (χ1v) is 4.46. The number of benzene rings is 1. The molecule has 0 aliphatic heterocycles. The van der Waals surface area contributed by atoms with Crippen molar-refractivity contribution in [2.24, 2.45) is 0 Å². The van der Waals surface area contributed by atoms with Crippen LogP contribution >= 0.6 is 0 Å². The van der Waals surface area contributed by atoms with Crippen LogP contribution in [0.25, 0.3) is 0 Å². The third-order valence-corrected chi connectivity index (χ3v) is 1.80. The van der Waals surface area contributed by atoms with Crippen molar-refractivity contribution in [3.8, 4) is 6.07 Å². The second-order valence-electron chi connectivity index (χ2n) is 3.03. The van der Waals surface area contributed by atoms with Gasteiger partial charge in [0.25, 0.3) is 5.91 Å². The van der Waals surface area contributed by atoms with E-state index in [1.165, 1.54) is 0 Å². The molecule has 0 unspecified atom stereocenters. The first-order valence-electron chi connectivity index (χ1n) is 4.46. The highest BCUT2D eigenvalue weighted by Crippen LogP contribution is 1.95. The summed E-state index contributed by atoms with van der Waals surface area (Å²) >= 11 is 0. The standard InChI is InChI=1S/C10H11BN2O/c11-9-4-1-3-8(7-9)10(14)13-6-2-5-12/h1,3-4,7H,2,6,11H2,(H,13,14). The molecule has 1 aromatic carbocycles. The van der Waals surface area contributed by atoms with Crippen molar-refractivity contribution in [3.63, 3.8) is 0 Å². The number of hydrogen-bond donors (Lipinski definition) is 1. The molecule has 0 spiro atoms. The van der Waals surface area contributed by atoms with Gasteiger partial charge in [0.2, 0.25) is 0 Å². The molecular weight excluding hydrogens is 175 g/mol. The summed E-state index contributed by atoms with van der Waals surface area (Å²) < 4.78 is 0. The molecule has 1 rings (SSSR count). The van der Waals surface area contributed by atoms with Crippen LogP contribution in [0.3, 0.4) is 0 Å². The Kier molecular flexibility index (Phi) is 3.75. The molecule has 0 aliphatic rings. The van der Waals surface area contributed by atoms with Crippen LogP contribution < -0.4 is 10.8 Å². The molecule has 3 nitrogen and oxygen atoms in total. The van der Waals surface area contributed by atoms with Gasteiger partial charge in [-0.25, -0.2) is 0 Å². The molecule has 1 aromatic rings. The van der Waals surface area contributed by atoms with Crippen LogP contribution in [0, 0.1) is 11.3 Å². The molecule has 1 N–H and O–H groups in total. The van der Waals surface area contributed by atoms with Crippen molar-refractivity contribution in [1.82, 2.24) is 5.32 Å². The largest absolute Gasteiger partial charge is 0.351 e. The Hall–Kier alpha value is -1.76. The second-order valence-corrected chi connectivity index (χ2v) is 3.03. The van der Waals surface area contributed by atoms with Crippen LogP contribution in [0.2, 0.25) is 0 Å². The van der Waals surface area contributed by atoms with Crippen molar-refractivity contribution in [2.75, 3.05) is 6.54 Å². The minimum Gasteiger partial charge on any atom is -0.351 e. The van der Waals surface area contributed by atoms with Crippen molar-refractivity contribution in [2.45, 2.75) is 6.42 Å². The van der Waals surface area contributed by atoms with E-state index in [-0.39, 0.29) is 5.91 Å². The highest BCUT2D eigenvalue weighted by atomic mass is 16.1. The summed E-state index contributed by atoms with van der Waals surface area (Å²) in [7, 11) is 1.94. The van der Waals surface area contributed by atoms with E-state index in [1.807, 2.05) is 32.1 Å². The molecule has 0 atom stereocenters. The Morgan fingerprint density at radius 1 is 1.57 bits per heavy atom. The lowest BCUT2D eigenvalue weighted by atomic mass is 9.94. The second kappa shape index (κ2) is 5.08. The maximum atomic E-state index is 11.5. The number of carbonyl (C=O) groups excluding carboxylic acids is 1. The van der Waals surface area contributed by atoms with Gasteiger partial charge in [0.05, 0.1) is 12.5 Å². The number of amides is 1. The predicted molar refractivity (Wildman–Crippen MR) is 57.2 cm³/mol. The molecule has 0 saturated heterocycles. The number of nitrogens with one attached hydrogen (secondary N) is 1. The first-order chi connectivity index (χ1) is 6.74. The van der Waals surface area contributed by atoms with E-state index in [0.717, 1.165) is 5.46 Å². The maximum absolute atomic E-state index is 11.5. The lowest BCUT2D eigenvalue weighted by molar-refractivity contribution is 0.0954. The van der Waals surface area contributed by atoms with Gasteiger partial charge in [0, 0.05) is 12.1 Å². The van der Waals surface area contributed by atoms with Gasteiger partial charge in [0.15, 0.2) is 0 Å². The summed E-state index contributed by atoms with van der Waals surface area (Å²) in [4.78, 5) is 11.5. The van der Waals surface area contributed by atoms with Crippen LogP contribution in [0.1, 0.15) is 16.8 Å². The van der Waals surface area contributed by atoms with Gasteiger partial charge >= 0.3 is 0 Å². The Balaban J connectivity index is 2.57. The fraction of sp³-hybridized carbons (Fsp3) is 0.200. The molecule has 0 bridgehead atoms. The van der Waals surface area contributed by atoms with Crippen molar-refractivity contribution < 1.29 is 4.79 Å². The predicted octanol–water partition coefficient (Wildman–Crippen LogP) is -0.412. The van der Waals surface area contributed by atoms with E-state index in [4.69, 9.17) is 5.26 Å². The summed E-state index contributed by atoms with van der Waals surface area (Å²) in [6.07, 6.45) is 0.345. The molecule has 0 aromatic heterocycles. The lowest BCUT2D eigenvalue weighted by Crippen LogP contribution is -2.25. The zero-order chi connectivity index (χ0) is 10.4. The summed E-state index contributed by atoms with van der Waals surface area (Å²) in [6, 6.07) is 9.33. The molecule has 0 saturated carbocycles. The molecule has 0 heterocycles. The third-order valence-electron chi connectivity index (χ3n) is 1.80. The lowest BCUT2D eigenvalue weighted by Gasteiger charge is -2.03. The van der Waals surface area contributed by atoms with Crippen LogP contribution in [0.5, 0.6) is 0 Å². The summed E-state index contributed by atoms with van der Waals surface area (Å²) in [6.45, 7) is 0.406. The van der Waals surface area contributed by atoms with Gasteiger partial charge in [-0.05, 0) is 6.07 Å². The maximum Gasteiger partial charge on any atom is 0.251 e. The normalized spacial score (nSPS) is 9.07. The van der Waals surface area contributed by atoms with E-state index in [9.17, 15) is 4.79 Å². The molecule has 0 radical (unpaired) electrons. The molecule has 0 fully saturated rings. The Bertz CT molecular complexity index is 371. The molecule has 70 valence electrons. The average molecular weight is 186 g/mol. The monoisotopic (exact) mass is 186 g/mol. The topological polar surface area (TPSA) is 52.9 Å². The summed E-state index contributed by atoms with van der Waals surface area (Å²) in [5, 5.41) is 11.0. The van der Waals surface area contributed by atoms with E-state index >= 15 is 0 Å². The fourth-order valence-electron chi connectivity index (χ4n) is 1.12. The quantitative estimate of drug-likeness (QED) is 0.515. The SMILES string of the molecule is Bc1cccc(C(=O)NCCC#N)c1. The number of rotatable bonds is 3. The number of hydrogen-bond acceptors (Lipinski definition) is 2. The van der Waals surface area contributed by atoms with Crippen LogP contribution in [-0.4, -0.2) is 20.3 Å². The summed E-state index contributed by atoms with van der Waals surface area (Å²) in [5.74, 6) is -0.121. The van der Waals surface area contributed by atoms with Gasteiger partial charge in [-0.3, -0.25) is 4.79 Å². The molecule has 1 amide bonds. The van der Waals surface area contributed by atoms with Gasteiger partial charge in [-0.2, -0.15) is 5.26 Å². The third kappa shape index (κ3) is 2.94. The number of nitrogens with zero attached hydrogens (tertiary/aromatic N) is 1. The molecule has 4 heteroatoms. The van der Waals surface area contributed by atoms with E-state index in [0.29, 0.717) is 18.5 Å². The molecule has 14 heavy (non-hydrogen) atoms. The van der Waals surface area contributed by atoms with Gasteiger partial charge in [-0.15, -0.1) is 0 Å². The minimum atomic E-state index is -0.121. The van der Waals surface area contributed by atoms with Crippen molar-refractivity contribution in [1.29, 1.82) is 5.26 Å². The van der Waals surface area contributed by atoms with Crippen molar-refractivity contribution in [3.05, 3.63) is 29.8 Å². The Labute approximate surface area is 84.1 Å². The van der Waals surface area contributed by atoms with Crippen LogP contribution in [0.15, 0.2) is 24.3 Å².